The average Bonchev–Trinajstić information content (AvgIpc) is 3.35. The van der Waals surface area contributed by atoms with Crippen LogP contribution in [0.1, 0.15) is 15.2 Å². The Morgan fingerprint density at radius 1 is 1.07 bits per heavy atom. The van der Waals surface area contributed by atoms with Gasteiger partial charge < -0.3 is 11.1 Å². The summed E-state index contributed by atoms with van der Waals surface area (Å²) in [6.07, 6.45) is 0. The van der Waals surface area contributed by atoms with Gasteiger partial charge in [-0.3, -0.25) is 9.36 Å². The number of para-hydroxylation sites is 2. The van der Waals surface area contributed by atoms with Crippen molar-refractivity contribution < 1.29 is 9.18 Å². The van der Waals surface area contributed by atoms with E-state index in [1.807, 2.05) is 41.8 Å². The van der Waals surface area contributed by atoms with Gasteiger partial charge in [-0.1, -0.05) is 24.3 Å². The van der Waals surface area contributed by atoms with Crippen LogP contribution in [0.25, 0.3) is 27.9 Å². The van der Waals surface area contributed by atoms with E-state index in [2.05, 4.69) is 15.3 Å². The normalized spacial score (nSPS) is 11.2. The molecule has 6 nitrogen and oxygen atoms in total. The number of nitrogen functional groups attached to an aromatic ring is 1. The lowest BCUT2D eigenvalue weighted by Gasteiger charge is -2.08. The summed E-state index contributed by atoms with van der Waals surface area (Å²) in [7, 11) is 0. The Balaban J connectivity index is 1.71. The molecule has 0 aliphatic carbocycles. The van der Waals surface area contributed by atoms with Crippen molar-refractivity contribution in [3.05, 3.63) is 82.3 Å². The number of nitrogens with two attached hydrogens (primary N) is 1. The Morgan fingerprint density at radius 3 is 2.60 bits per heavy atom. The fourth-order valence-corrected chi connectivity index (χ4v) is 4.08. The first-order valence-electron chi connectivity index (χ1n) is 9.25. The van der Waals surface area contributed by atoms with Crippen LogP contribution >= 0.6 is 11.3 Å². The highest BCUT2D eigenvalue weighted by Gasteiger charge is 2.25. The molecule has 3 N–H and O–H groups in total. The van der Waals surface area contributed by atoms with E-state index in [4.69, 9.17) is 5.73 Å². The number of nitrogens with zero attached hydrogens (tertiary/aromatic N) is 3. The number of nitrogens with one attached hydrogen (secondary N) is 1. The summed E-state index contributed by atoms with van der Waals surface area (Å²) in [5.41, 5.74) is 9.19. The number of halogens is 1. The average molecular weight is 417 g/mol. The van der Waals surface area contributed by atoms with Crippen LogP contribution in [0.3, 0.4) is 0 Å². The van der Waals surface area contributed by atoms with E-state index in [1.54, 1.807) is 28.0 Å². The number of fused-ring (bicyclic) bond motifs is 2. The molecule has 3 aromatic heterocycles. The Kier molecular flexibility index (Phi) is 4.40. The molecule has 30 heavy (non-hydrogen) atoms. The Morgan fingerprint density at radius 2 is 1.87 bits per heavy atom. The number of carbonyl (C=O) groups excluding carboxylic acids is 1. The molecule has 3 heterocycles. The molecule has 0 atom stereocenters. The van der Waals surface area contributed by atoms with Gasteiger partial charge in [-0.25, -0.2) is 14.4 Å². The molecule has 0 fully saturated rings. The lowest BCUT2D eigenvalue weighted by Crippen LogP contribution is -2.23. The summed E-state index contributed by atoms with van der Waals surface area (Å²) in [6, 6.07) is 17.2. The zero-order valence-corrected chi connectivity index (χ0v) is 16.5. The molecule has 0 saturated carbocycles. The van der Waals surface area contributed by atoms with E-state index in [0.29, 0.717) is 34.4 Å². The first-order chi connectivity index (χ1) is 14.6. The Labute approximate surface area is 174 Å². The molecule has 0 bridgehead atoms. The predicted octanol–water partition coefficient (Wildman–Crippen LogP) is 4.29. The van der Waals surface area contributed by atoms with Crippen molar-refractivity contribution in [1.29, 1.82) is 0 Å². The van der Waals surface area contributed by atoms with Crippen LogP contribution in [-0.2, 0) is 6.54 Å². The summed E-state index contributed by atoms with van der Waals surface area (Å²) in [6.45, 7) is 0.379. The number of rotatable bonds is 4. The van der Waals surface area contributed by atoms with E-state index in [9.17, 15) is 9.18 Å². The topological polar surface area (TPSA) is 85.8 Å². The standard InChI is InChI=1S/C22H16FN5OS/c23-13-5-3-6-14(11-13)28-20(24)18(22(29)25-12-15-7-4-10-30-15)19-21(28)27-17-9-2-1-8-16(17)26-19/h1-11H,12,24H2,(H,25,29). The second-order valence-corrected chi connectivity index (χ2v) is 7.75. The van der Waals surface area contributed by atoms with Gasteiger partial charge in [0.2, 0.25) is 0 Å². The minimum Gasteiger partial charge on any atom is -0.384 e. The molecule has 0 aliphatic heterocycles. The van der Waals surface area contributed by atoms with Gasteiger partial charge in [0.25, 0.3) is 5.91 Å². The van der Waals surface area contributed by atoms with E-state index >= 15 is 0 Å². The number of thiophene rings is 1. The van der Waals surface area contributed by atoms with Crippen molar-refractivity contribution >= 4 is 45.3 Å². The Bertz CT molecular complexity index is 1390. The summed E-state index contributed by atoms with van der Waals surface area (Å²) < 4.78 is 15.5. The predicted molar refractivity (Wildman–Crippen MR) is 116 cm³/mol. The van der Waals surface area contributed by atoms with Crippen molar-refractivity contribution in [2.75, 3.05) is 5.73 Å². The first kappa shape index (κ1) is 18.3. The summed E-state index contributed by atoms with van der Waals surface area (Å²) in [4.78, 5) is 23.4. The molecule has 1 amide bonds. The highest BCUT2D eigenvalue weighted by atomic mass is 32.1. The first-order valence-corrected chi connectivity index (χ1v) is 10.1. The third-order valence-electron chi connectivity index (χ3n) is 4.79. The summed E-state index contributed by atoms with van der Waals surface area (Å²) in [5, 5.41) is 4.84. The van der Waals surface area contributed by atoms with Gasteiger partial charge in [0.15, 0.2) is 5.65 Å². The maximum Gasteiger partial charge on any atom is 0.257 e. The molecule has 0 unspecified atom stereocenters. The second-order valence-electron chi connectivity index (χ2n) is 6.72. The third-order valence-corrected chi connectivity index (χ3v) is 5.67. The molecule has 0 saturated heterocycles. The van der Waals surface area contributed by atoms with E-state index in [0.717, 1.165) is 4.88 Å². The largest absolute Gasteiger partial charge is 0.384 e. The maximum atomic E-state index is 13.9. The third kappa shape index (κ3) is 3.07. The monoisotopic (exact) mass is 417 g/mol. The van der Waals surface area contributed by atoms with Crippen molar-refractivity contribution in [1.82, 2.24) is 19.9 Å². The minimum atomic E-state index is -0.411. The van der Waals surface area contributed by atoms with E-state index in [1.165, 1.54) is 12.1 Å². The molecule has 0 radical (unpaired) electrons. The fraction of sp³-hybridized carbons (Fsp3) is 0.0455. The van der Waals surface area contributed by atoms with E-state index < -0.39 is 5.82 Å². The summed E-state index contributed by atoms with van der Waals surface area (Å²) >= 11 is 1.55. The van der Waals surface area contributed by atoms with E-state index in [-0.39, 0.29) is 17.3 Å². The molecular formula is C22H16FN5OS. The lowest BCUT2D eigenvalue weighted by molar-refractivity contribution is 0.0953. The van der Waals surface area contributed by atoms with Gasteiger partial charge in [0.1, 0.15) is 22.7 Å². The SMILES string of the molecule is Nc1c(C(=O)NCc2cccs2)c2nc3ccccc3nc2n1-c1cccc(F)c1. The van der Waals surface area contributed by atoms with Gasteiger partial charge >= 0.3 is 0 Å². The van der Waals surface area contributed by atoms with Gasteiger partial charge in [-0.15, -0.1) is 11.3 Å². The Hall–Kier alpha value is -3.78. The zero-order chi connectivity index (χ0) is 20.7. The molecular weight excluding hydrogens is 401 g/mol. The van der Waals surface area contributed by atoms with Crippen LogP contribution in [0.4, 0.5) is 10.2 Å². The molecule has 5 aromatic rings. The lowest BCUT2D eigenvalue weighted by atomic mass is 10.2. The number of hydrogen-bond acceptors (Lipinski definition) is 5. The van der Waals surface area contributed by atoms with Crippen molar-refractivity contribution in [2.24, 2.45) is 0 Å². The van der Waals surface area contributed by atoms with Gasteiger partial charge in [0, 0.05) is 4.88 Å². The number of amides is 1. The second kappa shape index (κ2) is 7.23. The van der Waals surface area contributed by atoms with Crippen LogP contribution in [0, 0.1) is 5.82 Å². The molecule has 5 rings (SSSR count). The highest BCUT2D eigenvalue weighted by Crippen LogP contribution is 2.31. The van der Waals surface area contributed by atoms with Crippen molar-refractivity contribution in [3.8, 4) is 5.69 Å². The van der Waals surface area contributed by atoms with Gasteiger partial charge in [0.05, 0.1) is 23.3 Å². The van der Waals surface area contributed by atoms with Crippen LogP contribution < -0.4 is 11.1 Å². The number of hydrogen-bond donors (Lipinski definition) is 2. The van der Waals surface area contributed by atoms with Crippen LogP contribution in [0.2, 0.25) is 0 Å². The van der Waals surface area contributed by atoms with Gasteiger partial charge in [-0.2, -0.15) is 0 Å². The molecule has 0 aliphatic rings. The summed E-state index contributed by atoms with van der Waals surface area (Å²) in [5.74, 6) is -0.605. The number of benzene rings is 2. The van der Waals surface area contributed by atoms with Crippen LogP contribution in [0.5, 0.6) is 0 Å². The van der Waals surface area contributed by atoms with Gasteiger partial charge in [-0.05, 0) is 41.8 Å². The zero-order valence-electron chi connectivity index (χ0n) is 15.7. The minimum absolute atomic E-state index is 0.162. The number of aromatic nitrogens is 3. The van der Waals surface area contributed by atoms with Crippen LogP contribution in [0.15, 0.2) is 66.0 Å². The van der Waals surface area contributed by atoms with Crippen molar-refractivity contribution in [2.45, 2.75) is 6.54 Å². The number of anilines is 1. The highest BCUT2D eigenvalue weighted by molar-refractivity contribution is 7.09. The molecule has 8 heteroatoms. The quantitative estimate of drug-likeness (QED) is 0.457. The van der Waals surface area contributed by atoms with Crippen molar-refractivity contribution in [3.63, 3.8) is 0 Å². The smallest absolute Gasteiger partial charge is 0.257 e. The van der Waals surface area contributed by atoms with Crippen LogP contribution in [-0.4, -0.2) is 20.4 Å². The molecule has 2 aromatic carbocycles. The number of carbonyl (C=O) groups is 1. The fourth-order valence-electron chi connectivity index (χ4n) is 3.43. The molecule has 148 valence electrons. The maximum absolute atomic E-state index is 13.9. The molecule has 0 spiro atoms.